The number of imidazole rings is 1. The first-order chi connectivity index (χ1) is 14.7. The Morgan fingerprint density at radius 1 is 1.03 bits per heavy atom. The number of hydrogen-bond donors (Lipinski definition) is 7. The fraction of sp³-hybridized carbons (Fsp3) is 0.316. The molecule has 12 nitrogen and oxygen atoms in total. The number of aromatic hydroxyl groups is 1. The molecule has 0 saturated carbocycles. The van der Waals surface area contributed by atoms with Gasteiger partial charge in [-0.2, -0.15) is 0 Å². The zero-order chi connectivity index (χ0) is 22.8. The molecule has 1 aromatic carbocycles. The number of rotatable bonds is 11. The van der Waals surface area contributed by atoms with E-state index in [0.29, 0.717) is 11.3 Å². The van der Waals surface area contributed by atoms with E-state index in [9.17, 15) is 24.3 Å². The third-order valence-electron chi connectivity index (χ3n) is 4.20. The number of aliphatic carboxylic acids is 1. The third kappa shape index (κ3) is 8.14. The molecule has 0 aliphatic rings. The summed E-state index contributed by atoms with van der Waals surface area (Å²) in [5, 5.41) is 25.0. The molecule has 3 amide bonds. The van der Waals surface area contributed by atoms with Gasteiger partial charge in [0, 0.05) is 24.7 Å². The van der Waals surface area contributed by atoms with Crippen molar-refractivity contribution in [2.45, 2.75) is 24.9 Å². The van der Waals surface area contributed by atoms with Gasteiger partial charge in [0.25, 0.3) is 0 Å². The highest BCUT2D eigenvalue weighted by Crippen LogP contribution is 2.11. The van der Waals surface area contributed by atoms with Gasteiger partial charge in [0.05, 0.1) is 18.9 Å². The van der Waals surface area contributed by atoms with Gasteiger partial charge in [-0.05, 0) is 17.7 Å². The molecule has 1 aromatic heterocycles. The van der Waals surface area contributed by atoms with Crippen LogP contribution >= 0.6 is 0 Å². The Bertz CT molecular complexity index is 899. The van der Waals surface area contributed by atoms with Crippen molar-refractivity contribution in [2.75, 3.05) is 13.1 Å². The number of nitrogens with zero attached hydrogens (tertiary/aromatic N) is 1. The molecule has 0 fully saturated rings. The summed E-state index contributed by atoms with van der Waals surface area (Å²) in [6, 6.07) is 4.05. The van der Waals surface area contributed by atoms with E-state index in [1.807, 2.05) is 0 Å². The first-order valence-corrected chi connectivity index (χ1v) is 9.32. The number of carboxylic acids is 1. The second kappa shape index (κ2) is 11.3. The number of H-pyrrole nitrogens is 1. The molecule has 2 unspecified atom stereocenters. The minimum atomic E-state index is -1.22. The number of amides is 3. The number of carboxylic acid groups (broad SMARTS) is 1. The standard InChI is InChI=1S/C19H24N6O6/c20-14(6-12-7-21-10-24-12)18(30)25-15(5-11-1-3-13(26)4-2-11)19(31)23-8-16(27)22-9-17(28)29/h1-4,7,10,14-15,26H,5-6,8-9,20H2,(H,21,24)(H,22,27)(H,23,31)(H,25,30)(H,28,29). The van der Waals surface area contributed by atoms with E-state index in [4.69, 9.17) is 10.8 Å². The smallest absolute Gasteiger partial charge is 0.322 e. The van der Waals surface area contributed by atoms with Crippen molar-refractivity contribution < 1.29 is 29.4 Å². The SMILES string of the molecule is NC(Cc1cnc[nH]1)C(=O)NC(Cc1ccc(O)cc1)C(=O)NCC(=O)NCC(=O)O. The molecular formula is C19H24N6O6. The van der Waals surface area contributed by atoms with E-state index in [-0.39, 0.29) is 18.6 Å². The summed E-state index contributed by atoms with van der Waals surface area (Å²) in [6.07, 6.45) is 3.24. The fourth-order valence-corrected chi connectivity index (χ4v) is 2.61. The molecule has 0 aliphatic carbocycles. The van der Waals surface area contributed by atoms with Gasteiger partial charge < -0.3 is 36.9 Å². The third-order valence-corrected chi connectivity index (χ3v) is 4.20. The van der Waals surface area contributed by atoms with Crippen LogP contribution in [-0.4, -0.2) is 69.0 Å². The fourth-order valence-electron chi connectivity index (χ4n) is 2.61. The molecule has 0 bridgehead atoms. The molecule has 166 valence electrons. The number of hydrogen-bond acceptors (Lipinski definition) is 7. The zero-order valence-corrected chi connectivity index (χ0v) is 16.5. The Morgan fingerprint density at radius 2 is 1.74 bits per heavy atom. The van der Waals surface area contributed by atoms with Crippen molar-refractivity contribution in [1.82, 2.24) is 25.9 Å². The van der Waals surface area contributed by atoms with E-state index < -0.39 is 48.9 Å². The van der Waals surface area contributed by atoms with Gasteiger partial charge in [-0.15, -0.1) is 0 Å². The molecule has 2 rings (SSSR count). The summed E-state index contributed by atoms with van der Waals surface area (Å²) in [5.41, 5.74) is 7.21. The molecule has 1 heterocycles. The summed E-state index contributed by atoms with van der Waals surface area (Å²) < 4.78 is 0. The lowest BCUT2D eigenvalue weighted by Gasteiger charge is -2.21. The maximum absolute atomic E-state index is 12.6. The Balaban J connectivity index is 2.01. The van der Waals surface area contributed by atoms with E-state index in [1.54, 1.807) is 12.1 Å². The lowest BCUT2D eigenvalue weighted by molar-refractivity contribution is -0.138. The van der Waals surface area contributed by atoms with Gasteiger partial charge >= 0.3 is 5.97 Å². The molecule has 2 aromatic rings. The maximum Gasteiger partial charge on any atom is 0.322 e. The summed E-state index contributed by atoms with van der Waals surface area (Å²) in [7, 11) is 0. The van der Waals surface area contributed by atoms with Gasteiger partial charge in [0.2, 0.25) is 17.7 Å². The molecule has 0 saturated heterocycles. The van der Waals surface area contributed by atoms with Crippen LogP contribution in [0.5, 0.6) is 5.75 Å². The average Bonchev–Trinajstić information content (AvgIpc) is 3.24. The average molecular weight is 432 g/mol. The Kier molecular flexibility index (Phi) is 8.52. The van der Waals surface area contributed by atoms with Crippen molar-refractivity contribution in [3.05, 3.63) is 48.0 Å². The Morgan fingerprint density at radius 3 is 2.35 bits per heavy atom. The van der Waals surface area contributed by atoms with Gasteiger partial charge in [0.1, 0.15) is 18.3 Å². The quantitative estimate of drug-likeness (QED) is 0.212. The first-order valence-electron chi connectivity index (χ1n) is 9.32. The number of carbonyl (C=O) groups is 4. The molecular weight excluding hydrogens is 408 g/mol. The lowest BCUT2D eigenvalue weighted by Crippen LogP contribution is -2.54. The summed E-state index contributed by atoms with van der Waals surface area (Å²) in [6.45, 7) is -1.04. The highest BCUT2D eigenvalue weighted by atomic mass is 16.4. The predicted molar refractivity (Wildman–Crippen MR) is 108 cm³/mol. The maximum atomic E-state index is 12.6. The van der Waals surface area contributed by atoms with E-state index in [1.165, 1.54) is 24.7 Å². The van der Waals surface area contributed by atoms with Gasteiger partial charge in [-0.25, -0.2) is 4.98 Å². The minimum absolute atomic E-state index is 0.0467. The van der Waals surface area contributed by atoms with Crippen LogP contribution in [0.3, 0.4) is 0 Å². The van der Waals surface area contributed by atoms with Crippen molar-refractivity contribution in [3.63, 3.8) is 0 Å². The molecule has 0 aliphatic heterocycles. The summed E-state index contributed by atoms with van der Waals surface area (Å²) in [4.78, 5) is 53.9. The highest BCUT2D eigenvalue weighted by Gasteiger charge is 2.25. The summed E-state index contributed by atoms with van der Waals surface area (Å²) in [5.74, 6) is -3.10. The number of aromatic nitrogens is 2. The van der Waals surface area contributed by atoms with Crippen molar-refractivity contribution >= 4 is 23.7 Å². The molecule has 2 atom stereocenters. The second-order valence-corrected chi connectivity index (χ2v) is 6.71. The first kappa shape index (κ1) is 23.3. The van der Waals surface area contributed by atoms with Crippen LogP contribution in [-0.2, 0) is 32.0 Å². The van der Waals surface area contributed by atoms with Crippen LogP contribution < -0.4 is 21.7 Å². The Labute approximate surface area is 177 Å². The highest BCUT2D eigenvalue weighted by molar-refractivity contribution is 5.92. The topological polar surface area (TPSA) is 200 Å². The van der Waals surface area contributed by atoms with E-state index in [0.717, 1.165) is 0 Å². The van der Waals surface area contributed by atoms with E-state index >= 15 is 0 Å². The van der Waals surface area contributed by atoms with Crippen LogP contribution in [0.25, 0.3) is 0 Å². The predicted octanol–water partition coefficient (Wildman–Crippen LogP) is -1.97. The van der Waals surface area contributed by atoms with Crippen LogP contribution in [0.15, 0.2) is 36.8 Å². The number of carbonyl (C=O) groups excluding carboxylic acids is 3. The number of nitrogens with one attached hydrogen (secondary N) is 4. The number of nitrogens with two attached hydrogens (primary N) is 1. The number of phenols is 1. The monoisotopic (exact) mass is 432 g/mol. The molecule has 31 heavy (non-hydrogen) atoms. The second-order valence-electron chi connectivity index (χ2n) is 6.71. The van der Waals surface area contributed by atoms with Crippen molar-refractivity contribution in [2.24, 2.45) is 5.73 Å². The molecule has 0 radical (unpaired) electrons. The number of aromatic amines is 1. The summed E-state index contributed by atoms with van der Waals surface area (Å²) >= 11 is 0. The van der Waals surface area contributed by atoms with Crippen LogP contribution in [0.4, 0.5) is 0 Å². The van der Waals surface area contributed by atoms with Crippen LogP contribution in [0, 0.1) is 0 Å². The van der Waals surface area contributed by atoms with Gasteiger partial charge in [0.15, 0.2) is 0 Å². The minimum Gasteiger partial charge on any atom is -0.508 e. The van der Waals surface area contributed by atoms with Crippen molar-refractivity contribution in [3.8, 4) is 5.75 Å². The van der Waals surface area contributed by atoms with Gasteiger partial charge in [-0.3, -0.25) is 19.2 Å². The number of benzene rings is 1. The van der Waals surface area contributed by atoms with Crippen LogP contribution in [0.2, 0.25) is 0 Å². The molecule has 8 N–H and O–H groups in total. The normalized spacial score (nSPS) is 12.4. The largest absolute Gasteiger partial charge is 0.508 e. The van der Waals surface area contributed by atoms with Crippen molar-refractivity contribution in [1.29, 1.82) is 0 Å². The van der Waals surface area contributed by atoms with E-state index in [2.05, 4.69) is 25.9 Å². The Hall–Kier alpha value is -3.93. The lowest BCUT2D eigenvalue weighted by atomic mass is 10.0. The zero-order valence-electron chi connectivity index (χ0n) is 16.5. The van der Waals surface area contributed by atoms with Gasteiger partial charge in [-0.1, -0.05) is 12.1 Å². The molecule has 0 spiro atoms. The number of phenolic OH excluding ortho intramolecular Hbond substituents is 1. The molecule has 12 heteroatoms. The van der Waals surface area contributed by atoms with Crippen LogP contribution in [0.1, 0.15) is 11.3 Å².